The highest BCUT2D eigenvalue weighted by Crippen LogP contribution is 1.94. The van der Waals surface area contributed by atoms with Crippen LogP contribution in [0, 0.1) is 0 Å². The molecule has 4 heteroatoms. The number of hydrogen-bond donors (Lipinski definition) is 1. The molecular formula is C10H21NO3. The third-order valence-electron chi connectivity index (χ3n) is 1.84. The Kier molecular flexibility index (Phi) is 7.42. The molecule has 0 bridgehead atoms. The van der Waals surface area contributed by atoms with E-state index >= 15 is 0 Å². The standard InChI is InChI=1S/C10H21NO3/c1-9(2)14-8-4-6-11(3)7-5-10(12)13/h9H,4-8H2,1-3H3,(H,12,13). The van der Waals surface area contributed by atoms with Crippen molar-refractivity contribution in [2.75, 3.05) is 26.7 Å². The molecule has 0 amide bonds. The van der Waals surface area contributed by atoms with Crippen molar-refractivity contribution in [2.24, 2.45) is 0 Å². The lowest BCUT2D eigenvalue weighted by Gasteiger charge is -2.15. The molecule has 0 heterocycles. The molecule has 0 atom stereocenters. The van der Waals surface area contributed by atoms with Crippen molar-refractivity contribution < 1.29 is 14.6 Å². The first-order valence-corrected chi connectivity index (χ1v) is 5.04. The topological polar surface area (TPSA) is 49.8 Å². The summed E-state index contributed by atoms with van der Waals surface area (Å²) in [5, 5.41) is 8.46. The Bertz CT molecular complexity index is 159. The average Bonchev–Trinajstić information content (AvgIpc) is 2.08. The normalized spacial score (nSPS) is 11.2. The second-order valence-corrected chi connectivity index (χ2v) is 3.72. The van der Waals surface area contributed by atoms with Gasteiger partial charge in [-0.3, -0.25) is 4.79 Å². The zero-order valence-electron chi connectivity index (χ0n) is 9.32. The summed E-state index contributed by atoms with van der Waals surface area (Å²) in [6.45, 7) is 6.26. The van der Waals surface area contributed by atoms with Crippen molar-refractivity contribution in [3.8, 4) is 0 Å². The van der Waals surface area contributed by atoms with Gasteiger partial charge in [0.1, 0.15) is 0 Å². The molecular weight excluding hydrogens is 182 g/mol. The van der Waals surface area contributed by atoms with Gasteiger partial charge in [-0.1, -0.05) is 0 Å². The van der Waals surface area contributed by atoms with Crippen LogP contribution >= 0.6 is 0 Å². The van der Waals surface area contributed by atoms with Crippen LogP contribution in [0.25, 0.3) is 0 Å². The van der Waals surface area contributed by atoms with Gasteiger partial charge in [0.15, 0.2) is 0 Å². The molecule has 0 aliphatic heterocycles. The van der Waals surface area contributed by atoms with E-state index in [0.717, 1.165) is 19.6 Å². The molecule has 0 radical (unpaired) electrons. The van der Waals surface area contributed by atoms with Gasteiger partial charge in [-0.05, 0) is 27.3 Å². The van der Waals surface area contributed by atoms with Crippen LogP contribution in [-0.2, 0) is 9.53 Å². The summed E-state index contributed by atoms with van der Waals surface area (Å²) in [4.78, 5) is 12.3. The minimum absolute atomic E-state index is 0.210. The summed E-state index contributed by atoms with van der Waals surface area (Å²) in [5.74, 6) is -0.740. The van der Waals surface area contributed by atoms with Gasteiger partial charge in [0, 0.05) is 19.7 Å². The predicted octanol–water partition coefficient (Wildman–Crippen LogP) is 1.21. The van der Waals surface area contributed by atoms with E-state index in [-0.39, 0.29) is 12.5 Å². The molecule has 0 aromatic carbocycles. The second kappa shape index (κ2) is 7.76. The van der Waals surface area contributed by atoms with Crippen LogP contribution < -0.4 is 0 Å². The van der Waals surface area contributed by atoms with Crippen molar-refractivity contribution in [1.82, 2.24) is 4.90 Å². The lowest BCUT2D eigenvalue weighted by molar-refractivity contribution is -0.137. The van der Waals surface area contributed by atoms with Crippen LogP contribution in [-0.4, -0.2) is 48.8 Å². The molecule has 0 unspecified atom stereocenters. The summed E-state index contributed by atoms with van der Waals surface area (Å²) in [6.07, 6.45) is 1.44. The molecule has 0 aliphatic carbocycles. The second-order valence-electron chi connectivity index (χ2n) is 3.72. The van der Waals surface area contributed by atoms with E-state index in [1.54, 1.807) is 0 Å². The van der Waals surface area contributed by atoms with Gasteiger partial charge in [0.25, 0.3) is 0 Å². The fourth-order valence-corrected chi connectivity index (χ4v) is 1.05. The molecule has 0 aliphatic rings. The summed E-state index contributed by atoms with van der Waals surface area (Å²) >= 11 is 0. The molecule has 0 rings (SSSR count). The molecule has 0 spiro atoms. The Morgan fingerprint density at radius 3 is 2.57 bits per heavy atom. The van der Waals surface area contributed by atoms with Gasteiger partial charge in [0.2, 0.25) is 0 Å². The smallest absolute Gasteiger partial charge is 0.304 e. The predicted molar refractivity (Wildman–Crippen MR) is 55.5 cm³/mol. The van der Waals surface area contributed by atoms with Crippen molar-refractivity contribution in [3.05, 3.63) is 0 Å². The summed E-state index contributed by atoms with van der Waals surface area (Å²) in [5.41, 5.74) is 0. The molecule has 0 aromatic heterocycles. The fourth-order valence-electron chi connectivity index (χ4n) is 1.05. The molecule has 0 saturated heterocycles. The van der Waals surface area contributed by atoms with Gasteiger partial charge < -0.3 is 14.7 Å². The highest BCUT2D eigenvalue weighted by molar-refractivity contribution is 5.66. The highest BCUT2D eigenvalue weighted by atomic mass is 16.5. The van der Waals surface area contributed by atoms with E-state index in [0.29, 0.717) is 6.54 Å². The average molecular weight is 203 g/mol. The van der Waals surface area contributed by atoms with Gasteiger partial charge in [-0.25, -0.2) is 0 Å². The first-order chi connectivity index (χ1) is 6.52. The van der Waals surface area contributed by atoms with Crippen molar-refractivity contribution in [1.29, 1.82) is 0 Å². The number of nitrogens with zero attached hydrogens (tertiary/aromatic N) is 1. The Hall–Kier alpha value is -0.610. The first kappa shape index (κ1) is 13.4. The molecule has 4 nitrogen and oxygen atoms in total. The fraction of sp³-hybridized carbons (Fsp3) is 0.900. The minimum atomic E-state index is -0.740. The van der Waals surface area contributed by atoms with Crippen molar-refractivity contribution in [2.45, 2.75) is 32.8 Å². The first-order valence-electron chi connectivity index (χ1n) is 5.04. The van der Waals surface area contributed by atoms with E-state index in [2.05, 4.69) is 0 Å². The monoisotopic (exact) mass is 203 g/mol. The van der Waals surface area contributed by atoms with Crippen molar-refractivity contribution >= 4 is 5.97 Å². The molecule has 0 aromatic rings. The molecule has 14 heavy (non-hydrogen) atoms. The van der Waals surface area contributed by atoms with E-state index < -0.39 is 5.97 Å². The van der Waals surface area contributed by atoms with Crippen LogP contribution in [0.1, 0.15) is 26.7 Å². The minimum Gasteiger partial charge on any atom is -0.481 e. The number of hydrogen-bond acceptors (Lipinski definition) is 3. The van der Waals surface area contributed by atoms with E-state index in [1.165, 1.54) is 0 Å². The lowest BCUT2D eigenvalue weighted by atomic mass is 10.3. The number of carboxylic acids is 1. The summed E-state index contributed by atoms with van der Waals surface area (Å²) in [6, 6.07) is 0. The summed E-state index contributed by atoms with van der Waals surface area (Å²) in [7, 11) is 1.93. The third-order valence-corrected chi connectivity index (χ3v) is 1.84. The molecule has 84 valence electrons. The Morgan fingerprint density at radius 2 is 2.07 bits per heavy atom. The maximum Gasteiger partial charge on any atom is 0.304 e. The van der Waals surface area contributed by atoms with Gasteiger partial charge in [-0.2, -0.15) is 0 Å². The molecule has 1 N–H and O–H groups in total. The maximum absolute atomic E-state index is 10.3. The Labute approximate surface area is 85.9 Å². The van der Waals surface area contributed by atoms with Crippen LogP contribution in [0.3, 0.4) is 0 Å². The van der Waals surface area contributed by atoms with E-state index in [4.69, 9.17) is 9.84 Å². The number of carbonyl (C=O) groups is 1. The zero-order chi connectivity index (χ0) is 11.0. The van der Waals surface area contributed by atoms with E-state index in [1.807, 2.05) is 25.8 Å². The lowest BCUT2D eigenvalue weighted by Crippen LogP contribution is -2.24. The third kappa shape index (κ3) is 9.48. The SMILES string of the molecule is CC(C)OCCCN(C)CCC(=O)O. The number of carboxylic acid groups (broad SMARTS) is 1. The Morgan fingerprint density at radius 1 is 1.43 bits per heavy atom. The molecule has 0 fully saturated rings. The van der Waals surface area contributed by atoms with Crippen LogP contribution in [0.2, 0.25) is 0 Å². The summed E-state index contributed by atoms with van der Waals surface area (Å²) < 4.78 is 5.37. The van der Waals surface area contributed by atoms with Crippen molar-refractivity contribution in [3.63, 3.8) is 0 Å². The molecule has 0 saturated carbocycles. The number of rotatable bonds is 8. The zero-order valence-corrected chi connectivity index (χ0v) is 9.32. The van der Waals surface area contributed by atoms with Gasteiger partial charge >= 0.3 is 5.97 Å². The van der Waals surface area contributed by atoms with Crippen LogP contribution in [0.15, 0.2) is 0 Å². The highest BCUT2D eigenvalue weighted by Gasteiger charge is 2.02. The van der Waals surface area contributed by atoms with E-state index in [9.17, 15) is 4.79 Å². The maximum atomic E-state index is 10.3. The Balaban J connectivity index is 3.26. The van der Waals surface area contributed by atoms with Crippen LogP contribution in [0.5, 0.6) is 0 Å². The van der Waals surface area contributed by atoms with Crippen LogP contribution in [0.4, 0.5) is 0 Å². The number of aliphatic carboxylic acids is 1. The van der Waals surface area contributed by atoms with Gasteiger partial charge in [0.05, 0.1) is 12.5 Å². The largest absolute Gasteiger partial charge is 0.481 e. The number of ether oxygens (including phenoxy) is 1. The quantitative estimate of drug-likeness (QED) is 0.602. The van der Waals surface area contributed by atoms with Gasteiger partial charge in [-0.15, -0.1) is 0 Å².